The van der Waals surface area contributed by atoms with Crippen molar-refractivity contribution in [1.29, 1.82) is 0 Å². The third-order valence-electron chi connectivity index (χ3n) is 3.00. The van der Waals surface area contributed by atoms with Crippen LogP contribution >= 0.6 is 0 Å². The van der Waals surface area contributed by atoms with Gasteiger partial charge in [-0.2, -0.15) is 0 Å². The summed E-state index contributed by atoms with van der Waals surface area (Å²) in [6, 6.07) is -0.997. The lowest BCUT2D eigenvalue weighted by molar-refractivity contribution is -0.142. The fourth-order valence-electron chi connectivity index (χ4n) is 2.11. The van der Waals surface area contributed by atoms with Crippen molar-refractivity contribution in [1.82, 2.24) is 5.32 Å². The number of carboxylic acids is 1. The highest BCUT2D eigenvalue weighted by atomic mass is 16.6. The average molecular weight is 271 g/mol. The molecule has 1 rings (SSSR count). The van der Waals surface area contributed by atoms with E-state index in [-0.39, 0.29) is 11.7 Å². The lowest BCUT2D eigenvalue weighted by atomic mass is 9.83. The second-order valence-corrected chi connectivity index (χ2v) is 5.84. The first-order valence-electron chi connectivity index (χ1n) is 6.43. The Morgan fingerprint density at radius 1 is 1.32 bits per heavy atom. The summed E-state index contributed by atoms with van der Waals surface area (Å²) in [5, 5.41) is 11.6. The number of Topliss-reactive ketones (excluding diaryl/α,β-unsaturated/α-hetero) is 1. The Morgan fingerprint density at radius 2 is 1.84 bits per heavy atom. The molecule has 0 aliphatic heterocycles. The van der Waals surface area contributed by atoms with Crippen LogP contribution in [0.4, 0.5) is 4.79 Å². The Morgan fingerprint density at radius 3 is 2.26 bits per heavy atom. The maximum Gasteiger partial charge on any atom is 0.408 e. The van der Waals surface area contributed by atoms with Crippen molar-refractivity contribution in [2.45, 2.75) is 58.1 Å². The fourth-order valence-corrected chi connectivity index (χ4v) is 2.11. The molecular weight excluding hydrogens is 250 g/mol. The quantitative estimate of drug-likeness (QED) is 0.815. The lowest BCUT2D eigenvalue weighted by Gasteiger charge is -2.28. The van der Waals surface area contributed by atoms with Crippen molar-refractivity contribution >= 4 is 17.8 Å². The number of ketones is 1. The molecule has 1 aliphatic carbocycles. The average Bonchev–Trinajstić information content (AvgIpc) is 2.24. The monoisotopic (exact) mass is 271 g/mol. The highest BCUT2D eigenvalue weighted by Gasteiger charge is 2.33. The zero-order valence-corrected chi connectivity index (χ0v) is 11.6. The first-order valence-corrected chi connectivity index (χ1v) is 6.43. The van der Waals surface area contributed by atoms with Gasteiger partial charge >= 0.3 is 12.1 Å². The minimum atomic E-state index is -1.09. The highest BCUT2D eigenvalue weighted by molar-refractivity contribution is 5.82. The Balaban J connectivity index is 2.61. The number of carbonyl (C=O) groups is 3. The summed E-state index contributed by atoms with van der Waals surface area (Å²) in [5.74, 6) is -1.16. The number of nitrogens with one attached hydrogen (secondary N) is 1. The van der Waals surface area contributed by atoms with Gasteiger partial charge in [-0.15, -0.1) is 0 Å². The van der Waals surface area contributed by atoms with Crippen LogP contribution in [0.1, 0.15) is 46.5 Å². The number of alkyl carbamates (subject to hydrolysis) is 1. The topological polar surface area (TPSA) is 92.7 Å². The van der Waals surface area contributed by atoms with E-state index in [0.717, 1.165) is 0 Å². The molecule has 108 valence electrons. The van der Waals surface area contributed by atoms with E-state index in [1.54, 1.807) is 20.8 Å². The number of aliphatic carboxylic acids is 1. The van der Waals surface area contributed by atoms with Gasteiger partial charge in [0.2, 0.25) is 0 Å². The number of hydrogen-bond donors (Lipinski definition) is 2. The van der Waals surface area contributed by atoms with E-state index in [0.29, 0.717) is 25.7 Å². The van der Waals surface area contributed by atoms with Gasteiger partial charge in [0.15, 0.2) is 0 Å². The predicted molar refractivity (Wildman–Crippen MR) is 67.8 cm³/mol. The molecule has 1 atom stereocenters. The largest absolute Gasteiger partial charge is 0.480 e. The van der Waals surface area contributed by atoms with E-state index >= 15 is 0 Å². The van der Waals surface area contributed by atoms with Gasteiger partial charge in [-0.1, -0.05) is 0 Å². The molecule has 1 unspecified atom stereocenters. The van der Waals surface area contributed by atoms with Crippen LogP contribution < -0.4 is 5.32 Å². The Labute approximate surface area is 112 Å². The third-order valence-corrected chi connectivity index (χ3v) is 3.00. The fraction of sp³-hybridized carbons (Fsp3) is 0.769. The van der Waals surface area contributed by atoms with Gasteiger partial charge in [-0.05, 0) is 39.5 Å². The molecule has 6 heteroatoms. The van der Waals surface area contributed by atoms with Crippen molar-refractivity contribution < 1.29 is 24.2 Å². The number of rotatable bonds is 3. The summed E-state index contributed by atoms with van der Waals surface area (Å²) < 4.78 is 5.05. The summed E-state index contributed by atoms with van der Waals surface area (Å²) in [7, 11) is 0. The molecule has 0 saturated heterocycles. The molecule has 1 saturated carbocycles. The Kier molecular flexibility index (Phi) is 4.91. The summed E-state index contributed by atoms with van der Waals surface area (Å²) in [5.41, 5.74) is -0.671. The molecule has 0 aromatic heterocycles. The van der Waals surface area contributed by atoms with Crippen LogP contribution in [-0.2, 0) is 14.3 Å². The zero-order chi connectivity index (χ0) is 14.6. The van der Waals surface area contributed by atoms with Crippen LogP contribution in [0.15, 0.2) is 0 Å². The summed E-state index contributed by atoms with van der Waals surface area (Å²) in [4.78, 5) is 34.0. The number of ether oxygens (including phenoxy) is 1. The van der Waals surface area contributed by atoms with Crippen molar-refractivity contribution in [3.05, 3.63) is 0 Å². The zero-order valence-electron chi connectivity index (χ0n) is 11.6. The van der Waals surface area contributed by atoms with E-state index in [9.17, 15) is 19.5 Å². The van der Waals surface area contributed by atoms with Crippen molar-refractivity contribution in [3.8, 4) is 0 Å². The summed E-state index contributed by atoms with van der Waals surface area (Å²) in [6.45, 7) is 5.13. The smallest absolute Gasteiger partial charge is 0.408 e. The number of carbonyl (C=O) groups excluding carboxylic acids is 2. The molecule has 0 heterocycles. The maximum absolute atomic E-state index is 11.6. The molecule has 1 amide bonds. The van der Waals surface area contributed by atoms with Crippen LogP contribution in [0.5, 0.6) is 0 Å². The van der Waals surface area contributed by atoms with Gasteiger partial charge < -0.3 is 15.2 Å². The second-order valence-electron chi connectivity index (χ2n) is 5.84. The molecule has 1 fully saturated rings. The van der Waals surface area contributed by atoms with E-state index in [2.05, 4.69) is 5.32 Å². The SMILES string of the molecule is CC(C)(C)OC(=O)NC(C(=O)O)C1CCC(=O)CC1. The van der Waals surface area contributed by atoms with Gasteiger partial charge in [-0.3, -0.25) is 4.79 Å². The van der Waals surface area contributed by atoms with E-state index in [4.69, 9.17) is 4.74 Å². The van der Waals surface area contributed by atoms with E-state index < -0.39 is 23.7 Å². The van der Waals surface area contributed by atoms with Crippen LogP contribution in [0, 0.1) is 5.92 Å². The molecule has 0 spiro atoms. The van der Waals surface area contributed by atoms with E-state index in [1.165, 1.54) is 0 Å². The highest BCUT2D eigenvalue weighted by Crippen LogP contribution is 2.25. The summed E-state index contributed by atoms with van der Waals surface area (Å²) in [6.07, 6.45) is 1.00. The predicted octanol–water partition coefficient (Wildman–Crippen LogP) is 1.72. The van der Waals surface area contributed by atoms with Crippen molar-refractivity contribution in [3.63, 3.8) is 0 Å². The first kappa shape index (κ1) is 15.5. The molecule has 0 aromatic rings. The molecule has 2 N–H and O–H groups in total. The lowest BCUT2D eigenvalue weighted by Crippen LogP contribution is -2.48. The van der Waals surface area contributed by atoms with Crippen LogP contribution in [0.3, 0.4) is 0 Å². The number of hydrogen-bond acceptors (Lipinski definition) is 4. The minimum absolute atomic E-state index is 0.151. The molecule has 0 radical (unpaired) electrons. The van der Waals surface area contributed by atoms with Crippen LogP contribution in [0.25, 0.3) is 0 Å². The van der Waals surface area contributed by atoms with Gasteiger partial charge in [0, 0.05) is 12.8 Å². The molecule has 0 bridgehead atoms. The minimum Gasteiger partial charge on any atom is -0.480 e. The normalized spacial score (nSPS) is 18.8. The molecule has 0 aromatic carbocycles. The molecular formula is C13H21NO5. The van der Waals surface area contributed by atoms with Crippen molar-refractivity contribution in [2.24, 2.45) is 5.92 Å². The van der Waals surface area contributed by atoms with Gasteiger partial charge in [0.05, 0.1) is 0 Å². The standard InChI is InChI=1S/C13H21NO5/c1-13(2,3)19-12(18)14-10(11(16)17)8-4-6-9(15)7-5-8/h8,10H,4-7H2,1-3H3,(H,14,18)(H,16,17). The van der Waals surface area contributed by atoms with E-state index in [1.807, 2.05) is 0 Å². The maximum atomic E-state index is 11.6. The molecule has 19 heavy (non-hydrogen) atoms. The van der Waals surface area contributed by atoms with Gasteiger partial charge in [0.25, 0.3) is 0 Å². The van der Waals surface area contributed by atoms with Crippen LogP contribution in [0.2, 0.25) is 0 Å². The molecule has 6 nitrogen and oxygen atoms in total. The van der Waals surface area contributed by atoms with Crippen LogP contribution in [-0.4, -0.2) is 34.6 Å². The first-order chi connectivity index (χ1) is 8.69. The number of carboxylic acid groups (broad SMARTS) is 1. The Bertz CT molecular complexity index is 362. The van der Waals surface area contributed by atoms with Gasteiger partial charge in [0.1, 0.15) is 17.4 Å². The third kappa shape index (κ3) is 5.28. The second kappa shape index (κ2) is 6.04. The van der Waals surface area contributed by atoms with Crippen molar-refractivity contribution in [2.75, 3.05) is 0 Å². The molecule has 1 aliphatic rings. The van der Waals surface area contributed by atoms with Gasteiger partial charge in [-0.25, -0.2) is 9.59 Å². The Hall–Kier alpha value is -1.59. The number of amides is 1. The summed E-state index contributed by atoms with van der Waals surface area (Å²) >= 11 is 0.